The van der Waals surface area contributed by atoms with Gasteiger partial charge in [-0.15, -0.1) is 11.3 Å². The summed E-state index contributed by atoms with van der Waals surface area (Å²) >= 11 is 1.26. The number of aromatic carboxylic acids is 1. The highest BCUT2D eigenvalue weighted by Crippen LogP contribution is 2.30. The van der Waals surface area contributed by atoms with Gasteiger partial charge in [-0.05, 0) is 18.6 Å². The first-order chi connectivity index (χ1) is 6.70. The van der Waals surface area contributed by atoms with Crippen molar-refractivity contribution in [2.75, 3.05) is 0 Å². The number of thiazole rings is 1. The fraction of sp³-hybridized carbons (Fsp3) is 0.111. The SMILES string of the molecule is Cc1ccoc1-c1scnc1C(=O)O. The fourth-order valence-corrected chi connectivity index (χ4v) is 2.00. The number of furan rings is 1. The Hall–Kier alpha value is -1.62. The minimum atomic E-state index is -1.03. The largest absolute Gasteiger partial charge is 0.476 e. The Morgan fingerprint density at radius 3 is 3.00 bits per heavy atom. The monoisotopic (exact) mass is 209 g/mol. The zero-order valence-electron chi connectivity index (χ0n) is 7.35. The van der Waals surface area contributed by atoms with E-state index >= 15 is 0 Å². The number of aromatic nitrogens is 1. The van der Waals surface area contributed by atoms with E-state index in [0.717, 1.165) is 5.56 Å². The first-order valence-electron chi connectivity index (χ1n) is 3.91. The van der Waals surface area contributed by atoms with Crippen molar-refractivity contribution in [3.63, 3.8) is 0 Å². The normalized spacial score (nSPS) is 10.4. The molecule has 0 aliphatic heterocycles. The molecule has 0 fully saturated rings. The molecule has 0 atom stereocenters. The maximum Gasteiger partial charge on any atom is 0.356 e. The first kappa shape index (κ1) is 8.96. The predicted octanol–water partition coefficient (Wildman–Crippen LogP) is 2.41. The van der Waals surface area contributed by atoms with E-state index in [1.54, 1.807) is 6.07 Å². The topological polar surface area (TPSA) is 63.3 Å². The predicted molar refractivity (Wildman–Crippen MR) is 51.5 cm³/mol. The van der Waals surface area contributed by atoms with Gasteiger partial charge >= 0.3 is 5.97 Å². The molecule has 2 heterocycles. The second-order valence-electron chi connectivity index (χ2n) is 2.77. The molecule has 2 aromatic rings. The Morgan fingerprint density at radius 2 is 2.43 bits per heavy atom. The van der Waals surface area contributed by atoms with Crippen molar-refractivity contribution in [3.8, 4) is 10.6 Å². The quantitative estimate of drug-likeness (QED) is 0.824. The van der Waals surface area contributed by atoms with Crippen LogP contribution < -0.4 is 0 Å². The van der Waals surface area contributed by atoms with Crippen LogP contribution in [-0.4, -0.2) is 16.1 Å². The van der Waals surface area contributed by atoms with E-state index in [1.165, 1.54) is 23.1 Å². The molecular weight excluding hydrogens is 202 g/mol. The Morgan fingerprint density at radius 1 is 1.64 bits per heavy atom. The molecule has 0 aliphatic rings. The molecule has 14 heavy (non-hydrogen) atoms. The third-order valence-electron chi connectivity index (χ3n) is 1.84. The highest BCUT2D eigenvalue weighted by atomic mass is 32.1. The van der Waals surface area contributed by atoms with Crippen molar-refractivity contribution in [2.24, 2.45) is 0 Å². The molecule has 0 bridgehead atoms. The molecule has 2 rings (SSSR count). The summed E-state index contributed by atoms with van der Waals surface area (Å²) in [5.41, 5.74) is 2.46. The maximum atomic E-state index is 10.8. The molecule has 4 nitrogen and oxygen atoms in total. The lowest BCUT2D eigenvalue weighted by Gasteiger charge is -1.95. The third-order valence-corrected chi connectivity index (χ3v) is 2.66. The van der Waals surface area contributed by atoms with Crippen LogP contribution in [0.1, 0.15) is 16.1 Å². The molecule has 0 aliphatic carbocycles. The summed E-state index contributed by atoms with van der Waals surface area (Å²) in [6.45, 7) is 1.87. The highest BCUT2D eigenvalue weighted by molar-refractivity contribution is 7.13. The number of nitrogens with zero attached hydrogens (tertiary/aromatic N) is 1. The Kier molecular flexibility index (Phi) is 2.09. The molecule has 0 aromatic carbocycles. The van der Waals surface area contributed by atoms with Gasteiger partial charge in [0.25, 0.3) is 0 Å². The molecule has 2 aromatic heterocycles. The fourth-order valence-electron chi connectivity index (χ4n) is 1.16. The smallest absolute Gasteiger partial charge is 0.356 e. The molecule has 0 amide bonds. The van der Waals surface area contributed by atoms with Crippen molar-refractivity contribution < 1.29 is 14.3 Å². The number of aryl methyl sites for hydroxylation is 1. The van der Waals surface area contributed by atoms with Gasteiger partial charge in [0.05, 0.1) is 11.8 Å². The summed E-state index contributed by atoms with van der Waals surface area (Å²) < 4.78 is 5.21. The van der Waals surface area contributed by atoms with Crippen molar-refractivity contribution in [3.05, 3.63) is 29.1 Å². The van der Waals surface area contributed by atoms with Gasteiger partial charge in [0.1, 0.15) is 10.6 Å². The molecule has 0 spiro atoms. The van der Waals surface area contributed by atoms with Gasteiger partial charge < -0.3 is 9.52 Å². The molecule has 1 N–H and O–H groups in total. The molecule has 72 valence electrons. The summed E-state index contributed by atoms with van der Waals surface area (Å²) in [5.74, 6) is -0.443. The molecular formula is C9H7NO3S. The number of carbonyl (C=O) groups is 1. The number of carboxylic acid groups (broad SMARTS) is 1. The second kappa shape index (κ2) is 3.26. The summed E-state index contributed by atoms with van der Waals surface area (Å²) in [4.78, 5) is 15.1. The standard InChI is InChI=1S/C9H7NO3S/c1-5-2-3-13-7(5)8-6(9(11)12)10-4-14-8/h2-4H,1H3,(H,11,12). The van der Waals surface area contributed by atoms with Crippen molar-refractivity contribution in [1.29, 1.82) is 0 Å². The molecule has 0 saturated heterocycles. The minimum absolute atomic E-state index is 0.0491. The van der Waals surface area contributed by atoms with E-state index in [2.05, 4.69) is 4.98 Å². The van der Waals surface area contributed by atoms with Crippen LogP contribution in [-0.2, 0) is 0 Å². The summed E-state index contributed by atoms with van der Waals surface area (Å²) in [7, 11) is 0. The van der Waals surface area contributed by atoms with Crippen LogP contribution in [0.4, 0.5) is 0 Å². The average molecular weight is 209 g/mol. The van der Waals surface area contributed by atoms with Gasteiger partial charge in [0, 0.05) is 0 Å². The van der Waals surface area contributed by atoms with Crippen LogP contribution in [0.5, 0.6) is 0 Å². The van der Waals surface area contributed by atoms with E-state index < -0.39 is 5.97 Å². The molecule has 5 heteroatoms. The van der Waals surface area contributed by atoms with Crippen molar-refractivity contribution in [2.45, 2.75) is 6.92 Å². The third kappa shape index (κ3) is 1.31. The van der Waals surface area contributed by atoms with Gasteiger partial charge in [0.15, 0.2) is 5.69 Å². The highest BCUT2D eigenvalue weighted by Gasteiger charge is 2.18. The van der Waals surface area contributed by atoms with Crippen LogP contribution in [0.3, 0.4) is 0 Å². The van der Waals surface area contributed by atoms with Gasteiger partial charge in [-0.3, -0.25) is 0 Å². The van der Waals surface area contributed by atoms with E-state index in [9.17, 15) is 4.79 Å². The summed E-state index contributed by atoms with van der Waals surface area (Å²) in [6, 6.07) is 1.79. The molecule has 0 radical (unpaired) electrons. The minimum Gasteiger partial charge on any atom is -0.476 e. The van der Waals surface area contributed by atoms with E-state index in [-0.39, 0.29) is 5.69 Å². The van der Waals surface area contributed by atoms with Crippen LogP contribution in [0.25, 0.3) is 10.6 Å². The average Bonchev–Trinajstić information content (AvgIpc) is 2.70. The first-order valence-corrected chi connectivity index (χ1v) is 4.79. The van der Waals surface area contributed by atoms with Crippen LogP contribution in [0.2, 0.25) is 0 Å². The number of rotatable bonds is 2. The molecule has 0 saturated carbocycles. The zero-order valence-corrected chi connectivity index (χ0v) is 8.17. The molecule has 0 unspecified atom stereocenters. The van der Waals surface area contributed by atoms with Gasteiger partial charge in [-0.2, -0.15) is 0 Å². The van der Waals surface area contributed by atoms with Crippen molar-refractivity contribution in [1.82, 2.24) is 4.98 Å². The van der Waals surface area contributed by atoms with Crippen molar-refractivity contribution >= 4 is 17.3 Å². The van der Waals surface area contributed by atoms with E-state index in [4.69, 9.17) is 9.52 Å². The number of hydrogen-bond acceptors (Lipinski definition) is 4. The van der Waals surface area contributed by atoms with Gasteiger partial charge in [-0.25, -0.2) is 9.78 Å². The van der Waals surface area contributed by atoms with Crippen LogP contribution in [0.15, 0.2) is 22.3 Å². The van der Waals surface area contributed by atoms with Crippen LogP contribution >= 0.6 is 11.3 Å². The summed E-state index contributed by atoms with van der Waals surface area (Å²) in [5, 5.41) is 8.85. The lowest BCUT2D eigenvalue weighted by molar-refractivity contribution is 0.0692. The van der Waals surface area contributed by atoms with Gasteiger partial charge in [0.2, 0.25) is 0 Å². The van der Waals surface area contributed by atoms with E-state index in [0.29, 0.717) is 10.6 Å². The Bertz CT molecular complexity index is 472. The Labute approximate surface area is 83.8 Å². The summed E-state index contributed by atoms with van der Waals surface area (Å²) in [6.07, 6.45) is 1.54. The maximum absolute atomic E-state index is 10.8. The lowest BCUT2D eigenvalue weighted by Crippen LogP contribution is -1.98. The second-order valence-corrected chi connectivity index (χ2v) is 3.62. The lowest BCUT2D eigenvalue weighted by atomic mass is 10.2. The Balaban J connectivity index is 2.57. The van der Waals surface area contributed by atoms with E-state index in [1.807, 2.05) is 6.92 Å². The van der Waals surface area contributed by atoms with Gasteiger partial charge in [-0.1, -0.05) is 0 Å². The zero-order chi connectivity index (χ0) is 10.1. The number of hydrogen-bond donors (Lipinski definition) is 1. The van der Waals surface area contributed by atoms with Crippen LogP contribution in [0, 0.1) is 6.92 Å². The number of carboxylic acids is 1.